The molecule has 0 aromatic heterocycles. The summed E-state index contributed by atoms with van der Waals surface area (Å²) in [5.74, 6) is 1.52. The number of benzene rings is 2. The first-order valence-corrected chi connectivity index (χ1v) is 7.39. The molecule has 108 valence electrons. The Morgan fingerprint density at radius 3 is 2.86 bits per heavy atom. The van der Waals surface area contributed by atoms with Gasteiger partial charge in [0.05, 0.1) is 10.6 Å². The molecule has 1 atom stereocenters. The summed E-state index contributed by atoms with van der Waals surface area (Å²) in [5, 5.41) is 0.496. The molecule has 5 heteroatoms. The fraction of sp³-hybridized carbons (Fsp3) is 0.188. The number of halogens is 1. The lowest BCUT2D eigenvalue weighted by Crippen LogP contribution is -2.23. The molecular formula is C16H14ClNO2S. The second kappa shape index (κ2) is 5.92. The van der Waals surface area contributed by atoms with Crippen LogP contribution in [-0.2, 0) is 6.42 Å². The van der Waals surface area contributed by atoms with Gasteiger partial charge in [0.15, 0.2) is 0 Å². The van der Waals surface area contributed by atoms with E-state index in [1.54, 1.807) is 6.07 Å². The molecule has 0 radical (unpaired) electrons. The van der Waals surface area contributed by atoms with Gasteiger partial charge in [0, 0.05) is 6.42 Å². The molecule has 0 aliphatic carbocycles. The van der Waals surface area contributed by atoms with Crippen LogP contribution in [0.1, 0.15) is 11.1 Å². The van der Waals surface area contributed by atoms with Crippen LogP contribution in [0.5, 0.6) is 11.5 Å². The first-order chi connectivity index (χ1) is 10.1. The molecule has 0 saturated heterocycles. The first kappa shape index (κ1) is 14.2. The van der Waals surface area contributed by atoms with Gasteiger partial charge in [0.1, 0.15) is 29.2 Å². The van der Waals surface area contributed by atoms with Crippen LogP contribution < -0.4 is 15.2 Å². The van der Waals surface area contributed by atoms with Crippen LogP contribution in [0.3, 0.4) is 0 Å². The zero-order valence-electron chi connectivity index (χ0n) is 11.2. The highest BCUT2D eigenvalue weighted by Gasteiger charge is 2.23. The number of rotatable bonds is 4. The van der Waals surface area contributed by atoms with Crippen molar-refractivity contribution in [2.24, 2.45) is 5.73 Å². The topological polar surface area (TPSA) is 44.5 Å². The molecule has 1 heterocycles. The average Bonchev–Trinajstić information content (AvgIpc) is 2.87. The van der Waals surface area contributed by atoms with E-state index in [1.165, 1.54) is 5.56 Å². The molecule has 0 saturated carbocycles. The summed E-state index contributed by atoms with van der Waals surface area (Å²) >= 11 is 11.1. The lowest BCUT2D eigenvalue weighted by Gasteiger charge is -2.15. The van der Waals surface area contributed by atoms with Gasteiger partial charge < -0.3 is 15.2 Å². The van der Waals surface area contributed by atoms with E-state index in [4.69, 9.17) is 39.0 Å². The largest absolute Gasteiger partial charge is 0.489 e. The van der Waals surface area contributed by atoms with E-state index in [2.05, 4.69) is 6.07 Å². The van der Waals surface area contributed by atoms with Crippen LogP contribution in [0.4, 0.5) is 0 Å². The van der Waals surface area contributed by atoms with E-state index in [0.717, 1.165) is 12.2 Å². The molecule has 1 aliphatic heterocycles. The Morgan fingerprint density at radius 2 is 2.10 bits per heavy atom. The normalized spacial score (nSPS) is 16.1. The average molecular weight is 320 g/mol. The summed E-state index contributed by atoms with van der Waals surface area (Å²) in [6.07, 6.45) is 0.819. The Morgan fingerprint density at radius 1 is 1.29 bits per heavy atom. The van der Waals surface area contributed by atoms with Gasteiger partial charge >= 0.3 is 0 Å². The molecule has 0 spiro atoms. The van der Waals surface area contributed by atoms with Crippen molar-refractivity contribution in [2.45, 2.75) is 12.5 Å². The Labute approximate surface area is 133 Å². The third kappa shape index (κ3) is 2.96. The fourth-order valence-corrected chi connectivity index (χ4v) is 2.93. The number of para-hydroxylation sites is 1. The highest BCUT2D eigenvalue weighted by molar-refractivity contribution is 7.80. The Bertz CT molecular complexity index is 665. The number of hydrogen-bond donors (Lipinski definition) is 1. The van der Waals surface area contributed by atoms with E-state index >= 15 is 0 Å². The summed E-state index contributed by atoms with van der Waals surface area (Å²) < 4.78 is 11.7. The van der Waals surface area contributed by atoms with Gasteiger partial charge in [-0.1, -0.05) is 48.1 Å². The van der Waals surface area contributed by atoms with Crippen molar-refractivity contribution in [1.29, 1.82) is 0 Å². The smallest absolute Gasteiger partial charge is 0.137 e. The zero-order valence-corrected chi connectivity index (χ0v) is 12.8. The number of hydrogen-bond acceptors (Lipinski definition) is 3. The summed E-state index contributed by atoms with van der Waals surface area (Å²) in [4.78, 5) is 0.228. The Balaban J connectivity index is 1.70. The minimum absolute atomic E-state index is 0.0134. The van der Waals surface area contributed by atoms with E-state index in [1.807, 2.05) is 30.3 Å². The number of fused-ring (bicyclic) bond motifs is 1. The van der Waals surface area contributed by atoms with Crippen molar-refractivity contribution >= 4 is 28.8 Å². The Hall–Kier alpha value is -1.78. The second-order valence-corrected chi connectivity index (χ2v) is 5.69. The summed E-state index contributed by atoms with van der Waals surface area (Å²) in [5.41, 5.74) is 7.48. The van der Waals surface area contributed by atoms with Crippen LogP contribution in [-0.4, -0.2) is 17.7 Å². The molecule has 2 N–H and O–H groups in total. The fourth-order valence-electron chi connectivity index (χ4n) is 2.39. The molecule has 1 aliphatic rings. The number of ether oxygens (including phenoxy) is 2. The minimum Gasteiger partial charge on any atom is -0.489 e. The second-order valence-electron chi connectivity index (χ2n) is 4.84. The van der Waals surface area contributed by atoms with Crippen molar-refractivity contribution in [3.63, 3.8) is 0 Å². The molecule has 0 amide bonds. The van der Waals surface area contributed by atoms with E-state index in [9.17, 15) is 0 Å². The van der Waals surface area contributed by atoms with Crippen LogP contribution in [0.25, 0.3) is 0 Å². The maximum Gasteiger partial charge on any atom is 0.137 e. The van der Waals surface area contributed by atoms with E-state index in [-0.39, 0.29) is 11.1 Å². The highest BCUT2D eigenvalue weighted by Crippen LogP contribution is 2.30. The van der Waals surface area contributed by atoms with Crippen LogP contribution in [0.2, 0.25) is 5.02 Å². The van der Waals surface area contributed by atoms with Crippen molar-refractivity contribution in [1.82, 2.24) is 0 Å². The van der Waals surface area contributed by atoms with Crippen LogP contribution in [0, 0.1) is 0 Å². The minimum atomic E-state index is -0.0134. The number of nitrogens with two attached hydrogens (primary N) is 1. The third-order valence-electron chi connectivity index (χ3n) is 3.36. The molecule has 2 aromatic carbocycles. The summed E-state index contributed by atoms with van der Waals surface area (Å²) in [7, 11) is 0. The maximum absolute atomic E-state index is 6.11. The third-order valence-corrected chi connectivity index (χ3v) is 3.88. The molecule has 1 unspecified atom stereocenters. The molecule has 0 fully saturated rings. The van der Waals surface area contributed by atoms with Gasteiger partial charge in [0.2, 0.25) is 0 Å². The van der Waals surface area contributed by atoms with E-state index in [0.29, 0.717) is 22.9 Å². The van der Waals surface area contributed by atoms with Crippen LogP contribution >= 0.6 is 23.8 Å². The maximum atomic E-state index is 6.11. The van der Waals surface area contributed by atoms with Gasteiger partial charge in [-0.2, -0.15) is 0 Å². The monoisotopic (exact) mass is 319 g/mol. The van der Waals surface area contributed by atoms with Crippen molar-refractivity contribution in [3.8, 4) is 11.5 Å². The first-order valence-electron chi connectivity index (χ1n) is 6.61. The predicted octanol–water partition coefficient (Wildman–Crippen LogP) is 3.36. The van der Waals surface area contributed by atoms with Crippen molar-refractivity contribution in [3.05, 3.63) is 58.6 Å². The highest BCUT2D eigenvalue weighted by atomic mass is 35.5. The Kier molecular flexibility index (Phi) is 3.99. The van der Waals surface area contributed by atoms with Crippen LogP contribution in [0.15, 0.2) is 42.5 Å². The molecule has 2 aromatic rings. The summed E-state index contributed by atoms with van der Waals surface area (Å²) in [6, 6.07) is 13.4. The standard InChI is InChI=1S/C16H14ClNO2S/c17-12-5-3-7-14(15(12)16(18)21)19-9-11-8-10-4-1-2-6-13(10)20-11/h1-7,11H,8-9H2,(H2,18,21). The summed E-state index contributed by atoms with van der Waals surface area (Å²) in [6.45, 7) is 0.421. The van der Waals surface area contributed by atoms with Gasteiger partial charge in [-0.15, -0.1) is 0 Å². The predicted molar refractivity (Wildman–Crippen MR) is 87.4 cm³/mol. The lowest BCUT2D eigenvalue weighted by atomic mass is 10.1. The van der Waals surface area contributed by atoms with Gasteiger partial charge in [-0.3, -0.25) is 0 Å². The molecular weight excluding hydrogens is 306 g/mol. The molecule has 21 heavy (non-hydrogen) atoms. The number of thiocarbonyl (C=S) groups is 1. The van der Waals surface area contributed by atoms with Crippen molar-refractivity contribution in [2.75, 3.05) is 6.61 Å². The van der Waals surface area contributed by atoms with Gasteiger partial charge in [-0.25, -0.2) is 0 Å². The van der Waals surface area contributed by atoms with Gasteiger partial charge in [-0.05, 0) is 23.8 Å². The molecule has 0 bridgehead atoms. The van der Waals surface area contributed by atoms with E-state index < -0.39 is 0 Å². The SMILES string of the molecule is NC(=S)c1c(Cl)cccc1OCC1Cc2ccccc2O1. The van der Waals surface area contributed by atoms with Gasteiger partial charge in [0.25, 0.3) is 0 Å². The zero-order chi connectivity index (χ0) is 14.8. The molecule has 3 nitrogen and oxygen atoms in total. The van der Waals surface area contributed by atoms with Crippen molar-refractivity contribution < 1.29 is 9.47 Å². The molecule has 3 rings (SSSR count). The lowest BCUT2D eigenvalue weighted by molar-refractivity contribution is 0.148. The quantitative estimate of drug-likeness (QED) is 0.878.